The van der Waals surface area contributed by atoms with Crippen LogP contribution in [0.15, 0.2) is 30.9 Å². The summed E-state index contributed by atoms with van der Waals surface area (Å²) in [6.45, 7) is 13.7. The number of ether oxygens (including phenoxy) is 1. The largest absolute Gasteiger partial charge is 0.373 e. The molecule has 0 aliphatic carbocycles. The van der Waals surface area contributed by atoms with Gasteiger partial charge in [0.15, 0.2) is 0 Å². The van der Waals surface area contributed by atoms with Crippen LogP contribution in [0.1, 0.15) is 36.6 Å². The lowest BCUT2D eigenvalue weighted by atomic mass is 10.0. The first-order chi connectivity index (χ1) is 8.54. The molecule has 0 spiro atoms. The first-order valence-electron chi connectivity index (χ1n) is 6.57. The van der Waals surface area contributed by atoms with Crippen LogP contribution in [0.5, 0.6) is 0 Å². The van der Waals surface area contributed by atoms with Crippen LogP contribution < -0.4 is 5.32 Å². The molecule has 0 radical (unpaired) electrons. The molecule has 1 aromatic carbocycles. The van der Waals surface area contributed by atoms with Gasteiger partial charge in [-0.3, -0.25) is 0 Å². The van der Waals surface area contributed by atoms with Gasteiger partial charge in [-0.1, -0.05) is 24.3 Å². The van der Waals surface area contributed by atoms with Gasteiger partial charge < -0.3 is 10.1 Å². The maximum atomic E-state index is 5.54. The molecule has 0 aliphatic rings. The third kappa shape index (κ3) is 4.63. The highest BCUT2D eigenvalue weighted by atomic mass is 16.5. The van der Waals surface area contributed by atoms with E-state index in [0.29, 0.717) is 12.6 Å². The van der Waals surface area contributed by atoms with E-state index in [9.17, 15) is 0 Å². The molecule has 0 aromatic heterocycles. The molecule has 0 heterocycles. The molecule has 1 aromatic rings. The average molecular weight is 247 g/mol. The summed E-state index contributed by atoms with van der Waals surface area (Å²) in [5, 5.41) is 3.49. The molecule has 1 N–H and O–H groups in total. The van der Waals surface area contributed by atoms with E-state index in [4.69, 9.17) is 4.74 Å². The van der Waals surface area contributed by atoms with Crippen molar-refractivity contribution < 1.29 is 4.74 Å². The Bertz CT molecular complexity index is 387. The number of hydrogen-bond acceptors (Lipinski definition) is 2. The zero-order chi connectivity index (χ0) is 13.5. The lowest BCUT2D eigenvalue weighted by Gasteiger charge is -2.19. The van der Waals surface area contributed by atoms with Crippen LogP contribution in [0.4, 0.5) is 0 Å². The first kappa shape index (κ1) is 14.9. The van der Waals surface area contributed by atoms with Gasteiger partial charge in [0.25, 0.3) is 0 Å². The van der Waals surface area contributed by atoms with Gasteiger partial charge in [0, 0.05) is 12.6 Å². The fourth-order valence-electron chi connectivity index (χ4n) is 1.79. The molecule has 0 saturated carbocycles. The lowest BCUT2D eigenvalue weighted by molar-refractivity contribution is 0.0860. The zero-order valence-corrected chi connectivity index (χ0v) is 12.0. The topological polar surface area (TPSA) is 21.3 Å². The second-order valence-electron chi connectivity index (χ2n) is 4.91. The summed E-state index contributed by atoms with van der Waals surface area (Å²) in [6.07, 6.45) is 1.99. The molecule has 1 rings (SSSR count). The van der Waals surface area contributed by atoms with E-state index in [-0.39, 0.29) is 6.10 Å². The van der Waals surface area contributed by atoms with E-state index in [1.807, 2.05) is 0 Å². The molecular weight excluding hydrogens is 222 g/mol. The van der Waals surface area contributed by atoms with Gasteiger partial charge in [-0.2, -0.15) is 0 Å². The normalized spacial score (nSPS) is 14.2. The van der Waals surface area contributed by atoms with Crippen LogP contribution in [0.2, 0.25) is 0 Å². The van der Waals surface area contributed by atoms with Crippen molar-refractivity contribution in [3.8, 4) is 0 Å². The monoisotopic (exact) mass is 247 g/mol. The van der Waals surface area contributed by atoms with Crippen LogP contribution >= 0.6 is 0 Å². The molecule has 2 unspecified atom stereocenters. The van der Waals surface area contributed by atoms with Crippen LogP contribution in [0, 0.1) is 13.8 Å². The number of hydrogen-bond donors (Lipinski definition) is 1. The van der Waals surface area contributed by atoms with Crippen LogP contribution in [0.25, 0.3) is 0 Å². The van der Waals surface area contributed by atoms with Crippen molar-refractivity contribution >= 4 is 0 Å². The highest BCUT2D eigenvalue weighted by Crippen LogP contribution is 2.16. The molecule has 0 amide bonds. The highest BCUT2D eigenvalue weighted by Gasteiger charge is 2.08. The lowest BCUT2D eigenvalue weighted by Crippen LogP contribution is -2.29. The third-order valence-corrected chi connectivity index (χ3v) is 3.24. The summed E-state index contributed by atoms with van der Waals surface area (Å²) in [7, 11) is 0. The van der Waals surface area contributed by atoms with Gasteiger partial charge in [0.1, 0.15) is 0 Å². The van der Waals surface area contributed by atoms with Gasteiger partial charge in [0.2, 0.25) is 0 Å². The zero-order valence-electron chi connectivity index (χ0n) is 12.0. The Labute approximate surface area is 111 Å². The van der Waals surface area contributed by atoms with E-state index in [0.717, 1.165) is 6.54 Å². The Kier molecular flexibility index (Phi) is 6.10. The van der Waals surface area contributed by atoms with Gasteiger partial charge in [-0.15, -0.1) is 6.58 Å². The predicted molar refractivity (Wildman–Crippen MR) is 77.9 cm³/mol. The number of benzene rings is 1. The van der Waals surface area contributed by atoms with Gasteiger partial charge in [-0.25, -0.2) is 0 Å². The van der Waals surface area contributed by atoms with Gasteiger partial charge in [-0.05, 0) is 44.4 Å². The molecule has 0 fully saturated rings. The second-order valence-corrected chi connectivity index (χ2v) is 4.91. The van der Waals surface area contributed by atoms with Crippen LogP contribution in [0.3, 0.4) is 0 Å². The van der Waals surface area contributed by atoms with Crippen molar-refractivity contribution in [1.29, 1.82) is 0 Å². The Morgan fingerprint density at radius 3 is 2.61 bits per heavy atom. The summed E-state index contributed by atoms with van der Waals surface area (Å²) < 4.78 is 5.54. The summed E-state index contributed by atoms with van der Waals surface area (Å²) in [5.41, 5.74) is 4.01. The standard InChI is InChI=1S/C16H25NO/c1-6-9-18-14(4)11-17-15(5)16-8-7-12(2)13(3)10-16/h6-8,10,14-15,17H,1,9,11H2,2-5H3. The minimum atomic E-state index is 0.206. The summed E-state index contributed by atoms with van der Waals surface area (Å²) in [6, 6.07) is 6.97. The predicted octanol–water partition coefficient (Wildman–Crippen LogP) is 3.55. The molecular formula is C16H25NO. The summed E-state index contributed by atoms with van der Waals surface area (Å²) in [5.74, 6) is 0. The van der Waals surface area contributed by atoms with Crippen molar-refractivity contribution in [2.24, 2.45) is 0 Å². The number of aryl methyl sites for hydroxylation is 2. The molecule has 2 heteroatoms. The van der Waals surface area contributed by atoms with Crippen molar-refractivity contribution in [3.05, 3.63) is 47.5 Å². The Hall–Kier alpha value is -1.12. The molecule has 2 nitrogen and oxygen atoms in total. The maximum absolute atomic E-state index is 5.54. The smallest absolute Gasteiger partial charge is 0.0675 e. The van der Waals surface area contributed by atoms with E-state index in [2.05, 4.69) is 57.8 Å². The summed E-state index contributed by atoms with van der Waals surface area (Å²) in [4.78, 5) is 0. The van der Waals surface area contributed by atoms with Gasteiger partial charge >= 0.3 is 0 Å². The quantitative estimate of drug-likeness (QED) is 0.744. The van der Waals surface area contributed by atoms with E-state index < -0.39 is 0 Å². The number of rotatable bonds is 7. The fraction of sp³-hybridized carbons (Fsp3) is 0.500. The van der Waals surface area contributed by atoms with Crippen molar-refractivity contribution in [2.45, 2.75) is 39.8 Å². The minimum Gasteiger partial charge on any atom is -0.373 e. The Morgan fingerprint density at radius 2 is 2.00 bits per heavy atom. The maximum Gasteiger partial charge on any atom is 0.0675 e. The minimum absolute atomic E-state index is 0.206. The molecule has 100 valence electrons. The van der Waals surface area contributed by atoms with Crippen molar-refractivity contribution in [2.75, 3.05) is 13.2 Å². The Balaban J connectivity index is 2.47. The second kappa shape index (κ2) is 7.34. The fourth-order valence-corrected chi connectivity index (χ4v) is 1.79. The SMILES string of the molecule is C=CCOC(C)CNC(C)c1ccc(C)c(C)c1. The third-order valence-electron chi connectivity index (χ3n) is 3.24. The van der Waals surface area contributed by atoms with E-state index in [1.54, 1.807) is 6.08 Å². The molecule has 0 aliphatic heterocycles. The molecule has 18 heavy (non-hydrogen) atoms. The van der Waals surface area contributed by atoms with E-state index in [1.165, 1.54) is 16.7 Å². The molecule has 2 atom stereocenters. The van der Waals surface area contributed by atoms with Crippen molar-refractivity contribution in [1.82, 2.24) is 5.32 Å². The highest BCUT2D eigenvalue weighted by molar-refractivity contribution is 5.31. The number of nitrogens with one attached hydrogen (secondary N) is 1. The summed E-state index contributed by atoms with van der Waals surface area (Å²) >= 11 is 0. The molecule has 0 saturated heterocycles. The van der Waals surface area contributed by atoms with Crippen LogP contribution in [-0.2, 0) is 4.74 Å². The van der Waals surface area contributed by atoms with Crippen LogP contribution in [-0.4, -0.2) is 19.3 Å². The van der Waals surface area contributed by atoms with Crippen molar-refractivity contribution in [3.63, 3.8) is 0 Å². The first-order valence-corrected chi connectivity index (χ1v) is 6.57. The Morgan fingerprint density at radius 1 is 1.28 bits per heavy atom. The molecule has 0 bridgehead atoms. The van der Waals surface area contributed by atoms with E-state index >= 15 is 0 Å². The average Bonchev–Trinajstić information content (AvgIpc) is 2.36. The van der Waals surface area contributed by atoms with Gasteiger partial charge in [0.05, 0.1) is 12.7 Å².